The summed E-state index contributed by atoms with van der Waals surface area (Å²) in [6.45, 7) is 2.23. The molecule has 0 spiro atoms. The molecule has 0 aromatic rings. The molecule has 0 bridgehead atoms. The van der Waals surface area contributed by atoms with Crippen LogP contribution in [0.1, 0.15) is 51.4 Å². The zero-order chi connectivity index (χ0) is 12.1. The molecular formula is C14H24N2O. The molecule has 2 aliphatic rings. The SMILES string of the molecule is COC1CCC(C#N)(N2CCCCCC2)CC1. The van der Waals surface area contributed by atoms with Crippen LogP contribution >= 0.6 is 0 Å². The maximum Gasteiger partial charge on any atom is 0.109 e. The average molecular weight is 236 g/mol. The normalized spacial score (nSPS) is 36.1. The second-order valence-electron chi connectivity index (χ2n) is 5.48. The molecule has 1 saturated carbocycles. The number of hydrogen-bond donors (Lipinski definition) is 0. The standard InChI is InChI=1S/C14H24N2O/c1-17-13-6-8-14(12-15,9-7-13)16-10-4-2-3-5-11-16/h13H,2-11H2,1H3. The highest BCUT2D eigenvalue weighted by atomic mass is 16.5. The molecule has 1 aliphatic heterocycles. The predicted octanol–water partition coefficient (Wildman–Crippen LogP) is 2.71. The Morgan fingerprint density at radius 1 is 1.12 bits per heavy atom. The van der Waals surface area contributed by atoms with Crippen LogP contribution in [0.2, 0.25) is 0 Å². The Bertz CT molecular complexity index is 268. The summed E-state index contributed by atoms with van der Waals surface area (Å²) in [6, 6.07) is 2.63. The van der Waals surface area contributed by atoms with Gasteiger partial charge in [-0.25, -0.2) is 0 Å². The Hall–Kier alpha value is -0.590. The molecule has 1 heterocycles. The number of methoxy groups -OCH3 is 1. The molecule has 0 aromatic carbocycles. The third-order valence-corrected chi connectivity index (χ3v) is 4.51. The summed E-state index contributed by atoms with van der Waals surface area (Å²) < 4.78 is 5.41. The van der Waals surface area contributed by atoms with Gasteiger partial charge in [-0.3, -0.25) is 4.90 Å². The Morgan fingerprint density at radius 3 is 2.18 bits per heavy atom. The molecular weight excluding hydrogens is 212 g/mol. The van der Waals surface area contributed by atoms with E-state index in [1.54, 1.807) is 7.11 Å². The molecule has 1 aliphatic carbocycles. The molecule has 17 heavy (non-hydrogen) atoms. The monoisotopic (exact) mass is 236 g/mol. The first-order valence-corrected chi connectivity index (χ1v) is 7.00. The van der Waals surface area contributed by atoms with E-state index in [1.807, 2.05) is 0 Å². The summed E-state index contributed by atoms with van der Waals surface area (Å²) >= 11 is 0. The molecule has 2 rings (SSSR count). The molecule has 0 radical (unpaired) electrons. The average Bonchev–Trinajstić information content (AvgIpc) is 2.68. The lowest BCUT2D eigenvalue weighted by atomic mass is 9.80. The Morgan fingerprint density at radius 2 is 1.71 bits per heavy atom. The maximum absolute atomic E-state index is 9.61. The van der Waals surface area contributed by atoms with E-state index in [-0.39, 0.29) is 5.54 Å². The van der Waals surface area contributed by atoms with Gasteiger partial charge in [-0.1, -0.05) is 12.8 Å². The molecule has 0 N–H and O–H groups in total. The molecule has 1 saturated heterocycles. The van der Waals surface area contributed by atoms with Gasteiger partial charge in [0.15, 0.2) is 0 Å². The molecule has 0 aromatic heterocycles. The number of likely N-dealkylation sites (tertiary alicyclic amines) is 1. The van der Waals surface area contributed by atoms with Gasteiger partial charge in [-0.2, -0.15) is 5.26 Å². The van der Waals surface area contributed by atoms with E-state index in [1.165, 1.54) is 25.7 Å². The van der Waals surface area contributed by atoms with Crippen molar-refractivity contribution < 1.29 is 4.74 Å². The van der Waals surface area contributed by atoms with Crippen LogP contribution < -0.4 is 0 Å². The minimum atomic E-state index is -0.181. The first-order chi connectivity index (χ1) is 8.30. The van der Waals surface area contributed by atoms with Crippen LogP contribution in [0.3, 0.4) is 0 Å². The lowest BCUT2D eigenvalue weighted by molar-refractivity contribution is 0.0152. The van der Waals surface area contributed by atoms with Crippen molar-refractivity contribution in [3.8, 4) is 6.07 Å². The smallest absolute Gasteiger partial charge is 0.109 e. The zero-order valence-corrected chi connectivity index (χ0v) is 11.0. The molecule has 96 valence electrons. The van der Waals surface area contributed by atoms with E-state index < -0.39 is 0 Å². The van der Waals surface area contributed by atoms with Crippen molar-refractivity contribution in [2.45, 2.75) is 63.0 Å². The van der Waals surface area contributed by atoms with Crippen LogP contribution in [0.15, 0.2) is 0 Å². The largest absolute Gasteiger partial charge is 0.381 e. The van der Waals surface area contributed by atoms with Gasteiger partial charge in [0.2, 0.25) is 0 Å². The van der Waals surface area contributed by atoms with Gasteiger partial charge >= 0.3 is 0 Å². The summed E-state index contributed by atoms with van der Waals surface area (Å²) in [5.41, 5.74) is -0.181. The fraction of sp³-hybridized carbons (Fsp3) is 0.929. The number of ether oxygens (including phenoxy) is 1. The van der Waals surface area contributed by atoms with E-state index in [9.17, 15) is 5.26 Å². The Kier molecular flexibility index (Phi) is 4.42. The van der Waals surface area contributed by atoms with Gasteiger partial charge in [0.1, 0.15) is 5.54 Å². The number of nitriles is 1. The van der Waals surface area contributed by atoms with E-state index in [4.69, 9.17) is 4.74 Å². The van der Waals surface area contributed by atoms with Gasteiger partial charge in [-0.05, 0) is 51.6 Å². The summed E-state index contributed by atoms with van der Waals surface area (Å²) in [5.74, 6) is 0. The topological polar surface area (TPSA) is 36.3 Å². The highest BCUT2D eigenvalue weighted by molar-refractivity contribution is 5.11. The third-order valence-electron chi connectivity index (χ3n) is 4.51. The lowest BCUT2D eigenvalue weighted by Gasteiger charge is -2.42. The van der Waals surface area contributed by atoms with E-state index in [0.717, 1.165) is 38.8 Å². The Balaban J connectivity index is 2.01. The number of rotatable bonds is 2. The van der Waals surface area contributed by atoms with Crippen LogP contribution in [0.5, 0.6) is 0 Å². The minimum absolute atomic E-state index is 0.181. The second kappa shape index (κ2) is 5.84. The van der Waals surface area contributed by atoms with Crippen LogP contribution in [0.25, 0.3) is 0 Å². The van der Waals surface area contributed by atoms with Crippen molar-refractivity contribution in [3.63, 3.8) is 0 Å². The van der Waals surface area contributed by atoms with Crippen molar-refractivity contribution in [3.05, 3.63) is 0 Å². The summed E-state index contributed by atoms with van der Waals surface area (Å²) in [6.07, 6.45) is 9.63. The molecule has 2 fully saturated rings. The predicted molar refractivity (Wildman–Crippen MR) is 67.7 cm³/mol. The molecule has 0 amide bonds. The van der Waals surface area contributed by atoms with Gasteiger partial charge < -0.3 is 4.74 Å². The van der Waals surface area contributed by atoms with E-state index >= 15 is 0 Å². The highest BCUT2D eigenvalue weighted by Gasteiger charge is 2.40. The van der Waals surface area contributed by atoms with Gasteiger partial charge in [-0.15, -0.1) is 0 Å². The Labute approximate surface area is 105 Å². The first kappa shape index (κ1) is 12.9. The van der Waals surface area contributed by atoms with Crippen molar-refractivity contribution >= 4 is 0 Å². The molecule has 0 atom stereocenters. The van der Waals surface area contributed by atoms with Crippen LogP contribution in [-0.2, 0) is 4.74 Å². The minimum Gasteiger partial charge on any atom is -0.381 e. The quantitative estimate of drug-likeness (QED) is 0.739. The highest BCUT2D eigenvalue weighted by Crippen LogP contribution is 2.35. The van der Waals surface area contributed by atoms with Crippen LogP contribution in [0, 0.1) is 11.3 Å². The van der Waals surface area contributed by atoms with Crippen molar-refractivity contribution in [2.75, 3.05) is 20.2 Å². The number of nitrogens with zero attached hydrogens (tertiary/aromatic N) is 2. The zero-order valence-electron chi connectivity index (χ0n) is 11.0. The first-order valence-electron chi connectivity index (χ1n) is 7.00. The van der Waals surface area contributed by atoms with E-state index in [2.05, 4.69) is 11.0 Å². The van der Waals surface area contributed by atoms with Crippen molar-refractivity contribution in [1.82, 2.24) is 4.90 Å². The van der Waals surface area contributed by atoms with Crippen LogP contribution in [-0.4, -0.2) is 36.7 Å². The van der Waals surface area contributed by atoms with Crippen molar-refractivity contribution in [2.24, 2.45) is 0 Å². The lowest BCUT2D eigenvalue weighted by Crippen LogP contribution is -2.51. The summed E-state index contributed by atoms with van der Waals surface area (Å²) in [7, 11) is 1.79. The van der Waals surface area contributed by atoms with Gasteiger partial charge in [0, 0.05) is 7.11 Å². The van der Waals surface area contributed by atoms with Crippen molar-refractivity contribution in [1.29, 1.82) is 5.26 Å². The van der Waals surface area contributed by atoms with E-state index in [0.29, 0.717) is 6.10 Å². The fourth-order valence-electron chi connectivity index (χ4n) is 3.30. The summed E-state index contributed by atoms with van der Waals surface area (Å²) in [4.78, 5) is 2.46. The third kappa shape index (κ3) is 2.81. The van der Waals surface area contributed by atoms with Gasteiger partial charge in [0.25, 0.3) is 0 Å². The second-order valence-corrected chi connectivity index (χ2v) is 5.48. The van der Waals surface area contributed by atoms with Crippen LogP contribution in [0.4, 0.5) is 0 Å². The molecule has 3 nitrogen and oxygen atoms in total. The summed E-state index contributed by atoms with van der Waals surface area (Å²) in [5, 5.41) is 9.61. The maximum atomic E-state index is 9.61. The molecule has 0 unspecified atom stereocenters. The number of hydrogen-bond acceptors (Lipinski definition) is 3. The fourth-order valence-corrected chi connectivity index (χ4v) is 3.30. The molecule has 3 heteroatoms. The van der Waals surface area contributed by atoms with Gasteiger partial charge in [0.05, 0.1) is 12.2 Å².